The fourth-order valence-corrected chi connectivity index (χ4v) is 3.26. The lowest BCUT2D eigenvalue weighted by molar-refractivity contribution is -0.139. The summed E-state index contributed by atoms with van der Waals surface area (Å²) in [4.78, 5) is 10.5. The van der Waals surface area contributed by atoms with Crippen LogP contribution in [0.25, 0.3) is 0 Å². The van der Waals surface area contributed by atoms with Crippen LogP contribution in [-0.2, 0) is 14.2 Å². The SMILES string of the molecule is CC(=O)OCC#CCOB1C2CCCC1CCC2. The van der Waals surface area contributed by atoms with Crippen LogP contribution in [0.3, 0.4) is 0 Å². The van der Waals surface area contributed by atoms with E-state index in [4.69, 9.17) is 9.39 Å². The van der Waals surface area contributed by atoms with Crippen LogP contribution in [0.4, 0.5) is 0 Å². The normalized spacial score (nSPS) is 26.2. The van der Waals surface area contributed by atoms with Gasteiger partial charge in [-0.05, 0) is 11.6 Å². The van der Waals surface area contributed by atoms with E-state index in [1.165, 1.54) is 45.4 Å². The first-order valence-electron chi connectivity index (χ1n) is 6.98. The Morgan fingerprint density at radius 2 is 1.67 bits per heavy atom. The maximum atomic E-state index is 10.5. The third-order valence-corrected chi connectivity index (χ3v) is 4.05. The fourth-order valence-electron chi connectivity index (χ4n) is 3.26. The number of fused-ring (bicyclic) bond motifs is 2. The van der Waals surface area contributed by atoms with Gasteiger partial charge in [0.25, 0.3) is 0 Å². The summed E-state index contributed by atoms with van der Waals surface area (Å²) >= 11 is 0. The zero-order chi connectivity index (χ0) is 12.8. The lowest BCUT2D eigenvalue weighted by Gasteiger charge is -2.39. The zero-order valence-corrected chi connectivity index (χ0v) is 11.1. The van der Waals surface area contributed by atoms with Crippen molar-refractivity contribution in [2.24, 2.45) is 0 Å². The van der Waals surface area contributed by atoms with E-state index in [1.54, 1.807) is 0 Å². The Kier molecular flexibility index (Phi) is 5.13. The zero-order valence-electron chi connectivity index (χ0n) is 11.1. The van der Waals surface area contributed by atoms with Crippen LogP contribution in [0.1, 0.15) is 45.4 Å². The van der Waals surface area contributed by atoms with Crippen molar-refractivity contribution in [2.45, 2.75) is 57.1 Å². The molecule has 2 rings (SSSR count). The van der Waals surface area contributed by atoms with E-state index >= 15 is 0 Å². The highest BCUT2D eigenvalue weighted by atomic mass is 16.5. The summed E-state index contributed by atoms with van der Waals surface area (Å²) in [6.45, 7) is 2.46. The third kappa shape index (κ3) is 3.78. The van der Waals surface area contributed by atoms with Crippen molar-refractivity contribution in [3.63, 3.8) is 0 Å². The molecule has 0 saturated carbocycles. The van der Waals surface area contributed by atoms with Gasteiger partial charge in [-0.25, -0.2) is 0 Å². The molecule has 0 spiro atoms. The van der Waals surface area contributed by atoms with Crippen molar-refractivity contribution in [3.05, 3.63) is 0 Å². The molecule has 0 amide bonds. The number of hydrogen-bond donors (Lipinski definition) is 0. The molecule has 2 fully saturated rings. The van der Waals surface area contributed by atoms with Crippen LogP contribution in [0.5, 0.6) is 0 Å². The molecule has 2 aliphatic rings. The smallest absolute Gasteiger partial charge is 0.303 e. The van der Waals surface area contributed by atoms with Gasteiger partial charge in [0.1, 0.15) is 0 Å². The highest BCUT2D eigenvalue weighted by Crippen LogP contribution is 2.46. The molecule has 0 N–H and O–H groups in total. The van der Waals surface area contributed by atoms with Crippen molar-refractivity contribution in [3.8, 4) is 11.8 Å². The Morgan fingerprint density at radius 3 is 2.22 bits per heavy atom. The predicted octanol–water partition coefficient (Wildman–Crippen LogP) is 2.67. The summed E-state index contributed by atoms with van der Waals surface area (Å²) in [5.41, 5.74) is 0. The Morgan fingerprint density at radius 1 is 1.11 bits per heavy atom. The van der Waals surface area contributed by atoms with Crippen LogP contribution in [-0.4, -0.2) is 26.1 Å². The predicted molar refractivity (Wildman–Crippen MR) is 71.3 cm³/mol. The van der Waals surface area contributed by atoms with E-state index in [0.717, 1.165) is 11.6 Å². The third-order valence-electron chi connectivity index (χ3n) is 4.05. The van der Waals surface area contributed by atoms with Crippen LogP contribution < -0.4 is 0 Å². The second-order valence-corrected chi connectivity index (χ2v) is 5.29. The van der Waals surface area contributed by atoms with Gasteiger partial charge >= 0.3 is 12.9 Å². The molecule has 4 heteroatoms. The van der Waals surface area contributed by atoms with Gasteiger partial charge in [-0.3, -0.25) is 4.79 Å². The molecule has 2 aliphatic heterocycles. The van der Waals surface area contributed by atoms with Gasteiger partial charge in [0, 0.05) is 6.92 Å². The van der Waals surface area contributed by atoms with E-state index in [2.05, 4.69) is 11.8 Å². The van der Waals surface area contributed by atoms with E-state index < -0.39 is 0 Å². The van der Waals surface area contributed by atoms with Crippen molar-refractivity contribution < 1.29 is 14.2 Å². The van der Waals surface area contributed by atoms with Crippen molar-refractivity contribution >= 4 is 12.9 Å². The topological polar surface area (TPSA) is 35.5 Å². The Balaban J connectivity index is 1.71. The molecule has 98 valence electrons. The Hall–Kier alpha value is -0.945. The number of carbonyl (C=O) groups excluding carboxylic acids is 1. The summed E-state index contributed by atoms with van der Waals surface area (Å²) in [6.07, 6.45) is 8.02. The molecular weight excluding hydrogens is 227 g/mol. The largest absolute Gasteiger partial charge is 0.453 e. The molecule has 0 aromatic heterocycles. The molecule has 2 bridgehead atoms. The molecule has 2 saturated heterocycles. The molecule has 0 radical (unpaired) electrons. The van der Waals surface area contributed by atoms with E-state index in [9.17, 15) is 4.79 Å². The second kappa shape index (κ2) is 6.85. The highest BCUT2D eigenvalue weighted by molar-refractivity contribution is 6.56. The minimum atomic E-state index is -0.285. The van der Waals surface area contributed by atoms with Crippen LogP contribution in [0, 0.1) is 11.8 Å². The first kappa shape index (κ1) is 13.5. The fraction of sp³-hybridized carbons (Fsp3) is 0.786. The molecule has 2 heterocycles. The molecule has 18 heavy (non-hydrogen) atoms. The first-order valence-corrected chi connectivity index (χ1v) is 6.98. The molecule has 3 nitrogen and oxygen atoms in total. The van der Waals surface area contributed by atoms with Gasteiger partial charge in [0.15, 0.2) is 6.61 Å². The maximum Gasteiger partial charge on any atom is 0.303 e. The number of esters is 1. The van der Waals surface area contributed by atoms with Gasteiger partial charge in [0.05, 0.1) is 6.61 Å². The van der Waals surface area contributed by atoms with Gasteiger partial charge in [0.2, 0.25) is 0 Å². The Labute approximate surface area is 110 Å². The van der Waals surface area contributed by atoms with E-state index in [-0.39, 0.29) is 12.6 Å². The second-order valence-electron chi connectivity index (χ2n) is 5.29. The Bertz CT molecular complexity index is 323. The van der Waals surface area contributed by atoms with Crippen molar-refractivity contribution in [1.29, 1.82) is 0 Å². The van der Waals surface area contributed by atoms with E-state index in [0.29, 0.717) is 13.5 Å². The summed E-state index contributed by atoms with van der Waals surface area (Å²) in [7, 11) is 0. The van der Waals surface area contributed by atoms with Gasteiger partial charge in [-0.15, -0.1) is 0 Å². The molecule has 0 aromatic carbocycles. The average molecular weight is 248 g/mol. The van der Waals surface area contributed by atoms with Crippen LogP contribution in [0.2, 0.25) is 11.6 Å². The van der Waals surface area contributed by atoms with Crippen LogP contribution in [0.15, 0.2) is 0 Å². The van der Waals surface area contributed by atoms with Crippen LogP contribution >= 0.6 is 0 Å². The van der Waals surface area contributed by atoms with Crippen molar-refractivity contribution in [1.82, 2.24) is 0 Å². The lowest BCUT2D eigenvalue weighted by atomic mass is 9.38. The van der Waals surface area contributed by atoms with Gasteiger partial charge < -0.3 is 9.39 Å². The number of carbonyl (C=O) groups is 1. The maximum absolute atomic E-state index is 10.5. The quantitative estimate of drug-likeness (QED) is 0.437. The average Bonchev–Trinajstić information content (AvgIpc) is 2.32. The number of hydrogen-bond acceptors (Lipinski definition) is 3. The number of ether oxygens (including phenoxy) is 1. The first-order chi connectivity index (χ1) is 8.77. The molecule has 0 aromatic rings. The minimum absolute atomic E-state index is 0.177. The summed E-state index contributed by atoms with van der Waals surface area (Å²) in [5.74, 6) is 6.96. The monoisotopic (exact) mass is 248 g/mol. The molecule has 0 atom stereocenters. The molecule has 0 aliphatic carbocycles. The van der Waals surface area contributed by atoms with E-state index in [1.807, 2.05) is 0 Å². The molecular formula is C14H21BO3. The summed E-state index contributed by atoms with van der Waals surface area (Å²) in [5, 5.41) is 0. The highest BCUT2D eigenvalue weighted by Gasteiger charge is 2.40. The van der Waals surface area contributed by atoms with Crippen molar-refractivity contribution in [2.75, 3.05) is 13.2 Å². The summed E-state index contributed by atoms with van der Waals surface area (Å²) in [6, 6.07) is 0. The molecule has 0 unspecified atom stereocenters. The summed E-state index contributed by atoms with van der Waals surface area (Å²) < 4.78 is 10.7. The van der Waals surface area contributed by atoms with Gasteiger partial charge in [-0.1, -0.05) is 50.4 Å². The van der Waals surface area contributed by atoms with Gasteiger partial charge in [-0.2, -0.15) is 0 Å². The number of rotatable bonds is 3. The lowest BCUT2D eigenvalue weighted by Crippen LogP contribution is -2.37. The standard InChI is InChI=1S/C14H21BO3/c1-12(16)17-10-2-3-11-18-15-13-6-4-7-14(15)9-5-8-13/h13-14H,4-11H2,1H3. The minimum Gasteiger partial charge on any atom is -0.453 e.